The van der Waals surface area contributed by atoms with Crippen molar-refractivity contribution in [3.8, 4) is 0 Å². The summed E-state index contributed by atoms with van der Waals surface area (Å²) in [4.78, 5) is 28.1. The molecule has 3 atom stereocenters. The van der Waals surface area contributed by atoms with Crippen LogP contribution in [0.1, 0.15) is 32.8 Å². The summed E-state index contributed by atoms with van der Waals surface area (Å²) in [5.74, 6) is 0. The average Bonchev–Trinajstić information content (AvgIpc) is 3.12. The monoisotopic (exact) mass is 590 g/mol. The van der Waals surface area contributed by atoms with Crippen LogP contribution in [-0.2, 0) is 10.1 Å². The number of rotatable bonds is 5. The third-order valence-corrected chi connectivity index (χ3v) is 11.5. The first-order valence-corrected chi connectivity index (χ1v) is 14.7. The van der Waals surface area contributed by atoms with Crippen molar-refractivity contribution in [2.24, 2.45) is 5.41 Å². The lowest BCUT2D eigenvalue weighted by Gasteiger charge is -2.41. The summed E-state index contributed by atoms with van der Waals surface area (Å²) in [7, 11) is -2.38. The Hall–Kier alpha value is -2.01. The van der Waals surface area contributed by atoms with Gasteiger partial charge in [-0.15, -0.1) is 0 Å². The van der Waals surface area contributed by atoms with Gasteiger partial charge < -0.3 is 9.84 Å². The second kappa shape index (κ2) is 9.22. The average molecular weight is 591 g/mol. The number of ether oxygens (including phenoxy) is 1. The molecule has 1 saturated heterocycles. The predicted octanol–water partition coefficient (Wildman–Crippen LogP) is 2.08. The van der Waals surface area contributed by atoms with Crippen molar-refractivity contribution in [2.75, 3.05) is 4.43 Å². The van der Waals surface area contributed by atoms with Gasteiger partial charge in [0.05, 0.1) is 6.10 Å². The van der Waals surface area contributed by atoms with Gasteiger partial charge in [0, 0.05) is 22.6 Å². The van der Waals surface area contributed by atoms with E-state index in [-0.39, 0.29) is 6.42 Å². The molecule has 0 saturated carbocycles. The molecule has 1 fully saturated rings. The van der Waals surface area contributed by atoms with E-state index in [0.717, 1.165) is 10.4 Å². The topological polar surface area (TPSA) is 84.3 Å². The van der Waals surface area contributed by atoms with Crippen LogP contribution in [0.5, 0.6) is 0 Å². The lowest BCUT2D eigenvalue weighted by molar-refractivity contribution is -0.106. The number of aromatic amines is 1. The van der Waals surface area contributed by atoms with E-state index in [4.69, 9.17) is 4.74 Å². The highest BCUT2D eigenvalue weighted by Crippen LogP contribution is 2.51. The van der Waals surface area contributed by atoms with E-state index in [2.05, 4.69) is 51.8 Å². The Morgan fingerprint density at radius 3 is 2.06 bits per heavy atom. The number of benzene rings is 2. The zero-order valence-corrected chi connectivity index (χ0v) is 23.2. The number of aromatic nitrogens is 2. The fourth-order valence-corrected chi connectivity index (χ4v) is 9.93. The van der Waals surface area contributed by atoms with E-state index < -0.39 is 42.5 Å². The van der Waals surface area contributed by atoms with Crippen molar-refractivity contribution < 1.29 is 9.84 Å². The summed E-state index contributed by atoms with van der Waals surface area (Å²) in [6.45, 7) is 7.71. The minimum absolute atomic E-state index is 0.239. The molecule has 0 spiro atoms. The molecule has 0 bridgehead atoms. The molecule has 8 heteroatoms. The second-order valence-electron chi connectivity index (χ2n) is 10.2. The second-order valence-corrected chi connectivity index (χ2v) is 14.1. The zero-order chi connectivity index (χ0) is 24.7. The van der Waals surface area contributed by atoms with Crippen LogP contribution in [0.2, 0.25) is 0 Å². The standard InChI is InChI=1S/C26H31IN2O4Si/c1-18-16-29(23(31)28-22(18)30)26(17-25(32,24(2,3)4)21(15-27)33-26)34(19-11-7-5-8-12-19)20-13-9-6-10-14-20/h5-14,16,21,32,34H,15,17H2,1-4H3,(H,28,30,31)/t21-,25+,26+/m1/s1. The van der Waals surface area contributed by atoms with E-state index in [1.807, 2.05) is 57.2 Å². The van der Waals surface area contributed by atoms with Gasteiger partial charge in [-0.2, -0.15) is 0 Å². The summed E-state index contributed by atoms with van der Waals surface area (Å²) in [6, 6.07) is 20.2. The van der Waals surface area contributed by atoms with E-state index in [1.165, 1.54) is 0 Å². The van der Waals surface area contributed by atoms with E-state index in [1.54, 1.807) is 17.7 Å². The van der Waals surface area contributed by atoms with Crippen molar-refractivity contribution in [3.63, 3.8) is 0 Å². The summed E-state index contributed by atoms with van der Waals surface area (Å²) >= 11 is 2.25. The number of H-pyrrole nitrogens is 1. The highest BCUT2D eigenvalue weighted by Gasteiger charge is 2.64. The Kier molecular flexibility index (Phi) is 6.80. The number of hydrogen-bond donors (Lipinski definition) is 2. The largest absolute Gasteiger partial charge is 0.386 e. The van der Waals surface area contributed by atoms with Gasteiger partial charge in [-0.25, -0.2) is 4.79 Å². The highest BCUT2D eigenvalue weighted by molar-refractivity contribution is 14.1. The lowest BCUT2D eigenvalue weighted by Crippen LogP contribution is -2.64. The van der Waals surface area contributed by atoms with Crippen LogP contribution in [0.15, 0.2) is 76.4 Å². The number of aliphatic hydroxyl groups is 1. The zero-order valence-electron chi connectivity index (χ0n) is 19.9. The maximum atomic E-state index is 13.4. The molecule has 1 aliphatic heterocycles. The number of halogens is 1. The molecule has 34 heavy (non-hydrogen) atoms. The van der Waals surface area contributed by atoms with Crippen LogP contribution in [0, 0.1) is 12.3 Å². The van der Waals surface area contributed by atoms with Crippen LogP contribution in [0.3, 0.4) is 0 Å². The van der Waals surface area contributed by atoms with Crippen LogP contribution >= 0.6 is 22.6 Å². The molecule has 0 aliphatic carbocycles. The molecule has 4 rings (SSSR count). The number of nitrogens with one attached hydrogen (secondary N) is 1. The molecule has 0 amide bonds. The van der Waals surface area contributed by atoms with E-state index in [0.29, 0.717) is 9.99 Å². The van der Waals surface area contributed by atoms with Crippen LogP contribution in [0.4, 0.5) is 0 Å². The Morgan fingerprint density at radius 2 is 1.62 bits per heavy atom. The SMILES string of the molecule is Cc1cn([C@@]2([SiH](c3ccccc3)c3ccccc3)C[C@@](O)(C(C)(C)C)[C@@H](CI)O2)c(=O)[nH]c1=O. The quantitative estimate of drug-likeness (QED) is 0.271. The molecule has 1 aliphatic rings. The van der Waals surface area contributed by atoms with Crippen molar-refractivity contribution in [1.82, 2.24) is 9.55 Å². The summed E-state index contributed by atoms with van der Waals surface area (Å²) in [5.41, 5.74) is -2.20. The summed E-state index contributed by atoms with van der Waals surface area (Å²) in [5, 5.41) is 13.2. The Bertz CT molecular complexity index is 1230. The van der Waals surface area contributed by atoms with Gasteiger partial charge >= 0.3 is 5.69 Å². The Balaban J connectivity index is 2.09. The fraction of sp³-hybridized carbons (Fsp3) is 0.385. The molecule has 2 heterocycles. The first kappa shape index (κ1) is 25.1. The van der Waals surface area contributed by atoms with Gasteiger partial charge in [0.1, 0.15) is 10.9 Å². The number of hydrogen-bond acceptors (Lipinski definition) is 4. The smallest absolute Gasteiger partial charge is 0.330 e. The van der Waals surface area contributed by atoms with Crippen molar-refractivity contribution >= 4 is 41.8 Å². The first-order chi connectivity index (χ1) is 16.0. The van der Waals surface area contributed by atoms with E-state index >= 15 is 0 Å². The first-order valence-electron chi connectivity index (χ1n) is 11.4. The van der Waals surface area contributed by atoms with Crippen LogP contribution in [0.25, 0.3) is 0 Å². The van der Waals surface area contributed by atoms with Gasteiger partial charge in [-0.3, -0.25) is 14.3 Å². The molecule has 0 unspecified atom stereocenters. The normalized spacial score (nSPS) is 25.1. The molecular weight excluding hydrogens is 559 g/mol. The van der Waals surface area contributed by atoms with Gasteiger partial charge in [-0.05, 0) is 12.3 Å². The number of aryl methyl sites for hydroxylation is 1. The third kappa shape index (κ3) is 4.14. The molecule has 3 aromatic rings. The highest BCUT2D eigenvalue weighted by atomic mass is 127. The van der Waals surface area contributed by atoms with Crippen LogP contribution < -0.4 is 21.6 Å². The fourth-order valence-electron chi connectivity index (χ4n) is 5.10. The Morgan fingerprint density at radius 1 is 1.09 bits per heavy atom. The third-order valence-electron chi connectivity index (χ3n) is 7.09. The molecule has 0 radical (unpaired) electrons. The minimum atomic E-state index is -2.38. The van der Waals surface area contributed by atoms with Crippen molar-refractivity contribution in [1.29, 1.82) is 0 Å². The van der Waals surface area contributed by atoms with Gasteiger partial charge in [-0.1, -0.05) is 114 Å². The van der Waals surface area contributed by atoms with Crippen molar-refractivity contribution in [2.45, 2.75) is 51.2 Å². The Labute approximate surface area is 214 Å². The maximum absolute atomic E-state index is 13.4. The minimum Gasteiger partial charge on any atom is -0.386 e. The molecule has 2 N–H and O–H groups in total. The van der Waals surface area contributed by atoms with Gasteiger partial charge in [0.2, 0.25) is 0 Å². The lowest BCUT2D eigenvalue weighted by atomic mass is 9.72. The maximum Gasteiger partial charge on any atom is 0.330 e. The van der Waals surface area contributed by atoms with Gasteiger partial charge in [0.25, 0.3) is 5.56 Å². The number of nitrogens with zero attached hydrogens (tertiary/aromatic N) is 1. The predicted molar refractivity (Wildman–Crippen MR) is 146 cm³/mol. The molecule has 1 aromatic heterocycles. The molecule has 2 aromatic carbocycles. The molecular formula is C26H31IN2O4Si. The summed E-state index contributed by atoms with van der Waals surface area (Å²) in [6.07, 6.45) is 1.35. The molecule has 6 nitrogen and oxygen atoms in total. The van der Waals surface area contributed by atoms with Crippen LogP contribution in [-0.4, -0.2) is 39.6 Å². The van der Waals surface area contributed by atoms with Crippen molar-refractivity contribution in [3.05, 3.63) is 93.3 Å². The number of alkyl halides is 1. The summed E-state index contributed by atoms with van der Waals surface area (Å²) < 4.78 is 9.04. The molecule has 180 valence electrons. The van der Waals surface area contributed by atoms with E-state index in [9.17, 15) is 14.7 Å². The van der Waals surface area contributed by atoms with Gasteiger partial charge in [0.15, 0.2) is 8.80 Å².